The van der Waals surface area contributed by atoms with E-state index < -0.39 is 11.8 Å². The zero-order valence-electron chi connectivity index (χ0n) is 12.8. The van der Waals surface area contributed by atoms with Gasteiger partial charge in [0, 0.05) is 12.7 Å². The van der Waals surface area contributed by atoms with E-state index in [4.69, 9.17) is 14.2 Å². The van der Waals surface area contributed by atoms with Crippen LogP contribution in [0.1, 0.15) is 36.8 Å². The normalized spacial score (nSPS) is 20.3. The third-order valence-electron chi connectivity index (χ3n) is 3.03. The summed E-state index contributed by atoms with van der Waals surface area (Å²) < 4.78 is 16.1. The third kappa shape index (κ3) is 4.12. The van der Waals surface area contributed by atoms with Gasteiger partial charge in [0.05, 0.1) is 24.5 Å². The summed E-state index contributed by atoms with van der Waals surface area (Å²) in [5.74, 6) is -0.499. The van der Waals surface area contributed by atoms with E-state index in [1.54, 1.807) is 13.8 Å². The smallest absolute Gasteiger partial charge is 0.341 e. The van der Waals surface area contributed by atoms with E-state index in [1.165, 1.54) is 6.20 Å². The van der Waals surface area contributed by atoms with Gasteiger partial charge in [0.1, 0.15) is 6.10 Å². The zero-order valence-corrected chi connectivity index (χ0v) is 12.8. The number of aryl methyl sites for hydroxylation is 1. The molecule has 0 radical (unpaired) electrons. The van der Waals surface area contributed by atoms with Crippen LogP contribution in [0.2, 0.25) is 0 Å². The molecule has 1 N–H and O–H groups in total. The molecule has 1 aromatic heterocycles. The number of carbonyl (C=O) groups is 1. The lowest BCUT2D eigenvalue weighted by Crippen LogP contribution is -2.26. The Morgan fingerprint density at radius 2 is 2.33 bits per heavy atom. The largest absolute Gasteiger partial charge is 0.462 e. The standard InChI is InChI=1S/C14H21N3O4/c1-5-19-12(18)11-7-16-13(17-9(11)2)15-6-10-8-20-14(3,4)21-10/h7,10H,5-6,8H2,1-4H3,(H,15,16,17). The molecular weight excluding hydrogens is 274 g/mol. The summed E-state index contributed by atoms with van der Waals surface area (Å²) in [5, 5.41) is 3.08. The molecule has 0 bridgehead atoms. The van der Waals surface area contributed by atoms with Crippen LogP contribution in [0.3, 0.4) is 0 Å². The highest BCUT2D eigenvalue weighted by molar-refractivity contribution is 5.90. The highest BCUT2D eigenvalue weighted by atomic mass is 16.7. The van der Waals surface area contributed by atoms with Crippen molar-refractivity contribution in [3.05, 3.63) is 17.5 Å². The molecule has 0 aliphatic carbocycles. The summed E-state index contributed by atoms with van der Waals surface area (Å²) in [6.45, 7) is 8.66. The Hall–Kier alpha value is -1.73. The van der Waals surface area contributed by atoms with Gasteiger partial charge in [0.2, 0.25) is 5.95 Å². The summed E-state index contributed by atoms with van der Waals surface area (Å²) in [6, 6.07) is 0. The van der Waals surface area contributed by atoms with Crippen molar-refractivity contribution in [1.29, 1.82) is 0 Å². The van der Waals surface area contributed by atoms with Crippen LogP contribution in [-0.2, 0) is 14.2 Å². The van der Waals surface area contributed by atoms with E-state index >= 15 is 0 Å². The molecule has 0 amide bonds. The number of esters is 1. The predicted molar refractivity (Wildman–Crippen MR) is 76.1 cm³/mol. The zero-order chi connectivity index (χ0) is 15.5. The van der Waals surface area contributed by atoms with E-state index in [1.807, 2.05) is 13.8 Å². The highest BCUT2D eigenvalue weighted by Crippen LogP contribution is 2.22. The summed E-state index contributed by atoms with van der Waals surface area (Å²) in [4.78, 5) is 20.0. The molecule has 1 aromatic rings. The second-order valence-corrected chi connectivity index (χ2v) is 5.24. The fourth-order valence-electron chi connectivity index (χ4n) is 2.03. The van der Waals surface area contributed by atoms with Gasteiger partial charge in [-0.2, -0.15) is 0 Å². The molecule has 0 spiro atoms. The van der Waals surface area contributed by atoms with Crippen LogP contribution in [0.5, 0.6) is 0 Å². The molecule has 7 heteroatoms. The van der Waals surface area contributed by atoms with Crippen LogP contribution >= 0.6 is 0 Å². The molecule has 1 fully saturated rings. The number of nitrogens with one attached hydrogen (secondary N) is 1. The lowest BCUT2D eigenvalue weighted by Gasteiger charge is -2.17. The Labute approximate surface area is 124 Å². The summed E-state index contributed by atoms with van der Waals surface area (Å²) >= 11 is 0. The summed E-state index contributed by atoms with van der Waals surface area (Å²) in [7, 11) is 0. The lowest BCUT2D eigenvalue weighted by atomic mass is 10.2. The maximum atomic E-state index is 11.7. The maximum Gasteiger partial charge on any atom is 0.341 e. The van der Waals surface area contributed by atoms with Crippen LogP contribution in [0.25, 0.3) is 0 Å². The van der Waals surface area contributed by atoms with Crippen LogP contribution in [-0.4, -0.2) is 47.6 Å². The van der Waals surface area contributed by atoms with Gasteiger partial charge < -0.3 is 19.5 Å². The van der Waals surface area contributed by atoms with Gasteiger partial charge in [-0.3, -0.25) is 0 Å². The van der Waals surface area contributed by atoms with Gasteiger partial charge in [-0.15, -0.1) is 0 Å². The molecule has 1 saturated heterocycles. The fraction of sp³-hybridized carbons (Fsp3) is 0.643. The second-order valence-electron chi connectivity index (χ2n) is 5.24. The van der Waals surface area contributed by atoms with Crippen molar-refractivity contribution in [3.8, 4) is 0 Å². The molecule has 21 heavy (non-hydrogen) atoms. The van der Waals surface area contributed by atoms with Gasteiger partial charge in [-0.05, 0) is 27.7 Å². The third-order valence-corrected chi connectivity index (χ3v) is 3.03. The quantitative estimate of drug-likeness (QED) is 0.825. The van der Waals surface area contributed by atoms with Crippen molar-refractivity contribution < 1.29 is 19.0 Å². The monoisotopic (exact) mass is 295 g/mol. The maximum absolute atomic E-state index is 11.7. The number of hydrogen-bond acceptors (Lipinski definition) is 7. The molecule has 0 aromatic carbocycles. The average Bonchev–Trinajstić information content (AvgIpc) is 2.76. The van der Waals surface area contributed by atoms with Crippen molar-refractivity contribution >= 4 is 11.9 Å². The van der Waals surface area contributed by atoms with Gasteiger partial charge in [0.15, 0.2) is 5.79 Å². The number of hydrogen-bond donors (Lipinski definition) is 1. The van der Waals surface area contributed by atoms with E-state index in [9.17, 15) is 4.79 Å². The van der Waals surface area contributed by atoms with E-state index in [2.05, 4.69) is 15.3 Å². The Kier molecular flexibility index (Phi) is 4.74. The Morgan fingerprint density at radius 3 is 2.90 bits per heavy atom. The van der Waals surface area contributed by atoms with Gasteiger partial charge in [-0.1, -0.05) is 0 Å². The molecule has 1 unspecified atom stereocenters. The molecule has 0 saturated carbocycles. The number of aromatic nitrogens is 2. The van der Waals surface area contributed by atoms with Crippen molar-refractivity contribution in [1.82, 2.24) is 9.97 Å². The average molecular weight is 295 g/mol. The minimum atomic E-state index is -0.545. The first-order valence-electron chi connectivity index (χ1n) is 6.97. The fourth-order valence-corrected chi connectivity index (χ4v) is 2.03. The number of carbonyl (C=O) groups excluding carboxylic acids is 1. The van der Waals surface area contributed by atoms with Crippen molar-refractivity contribution in [2.45, 2.75) is 39.6 Å². The topological polar surface area (TPSA) is 82.6 Å². The predicted octanol–water partition coefficient (Wildman–Crippen LogP) is 1.53. The Balaban J connectivity index is 1.93. The van der Waals surface area contributed by atoms with E-state index in [-0.39, 0.29) is 6.10 Å². The van der Waals surface area contributed by atoms with Crippen LogP contribution < -0.4 is 5.32 Å². The first kappa shape index (κ1) is 15.7. The van der Waals surface area contributed by atoms with Gasteiger partial charge in [0.25, 0.3) is 0 Å². The number of anilines is 1. The van der Waals surface area contributed by atoms with Crippen LogP contribution in [0, 0.1) is 6.92 Å². The molecule has 2 heterocycles. The first-order valence-corrected chi connectivity index (χ1v) is 6.97. The summed E-state index contributed by atoms with van der Waals surface area (Å²) in [6.07, 6.45) is 1.42. The van der Waals surface area contributed by atoms with Crippen molar-refractivity contribution in [2.75, 3.05) is 25.1 Å². The van der Waals surface area contributed by atoms with Crippen molar-refractivity contribution in [2.24, 2.45) is 0 Å². The van der Waals surface area contributed by atoms with Crippen molar-refractivity contribution in [3.63, 3.8) is 0 Å². The molecule has 7 nitrogen and oxygen atoms in total. The SMILES string of the molecule is CCOC(=O)c1cnc(NCC2COC(C)(C)O2)nc1C. The first-order chi connectivity index (χ1) is 9.91. The van der Waals surface area contributed by atoms with Crippen LogP contribution in [0.4, 0.5) is 5.95 Å². The van der Waals surface area contributed by atoms with Crippen LogP contribution in [0.15, 0.2) is 6.20 Å². The molecular formula is C14H21N3O4. The van der Waals surface area contributed by atoms with Gasteiger partial charge >= 0.3 is 5.97 Å². The number of nitrogens with zero attached hydrogens (tertiary/aromatic N) is 2. The van der Waals surface area contributed by atoms with E-state index in [0.717, 1.165) is 0 Å². The molecule has 2 rings (SSSR count). The number of ether oxygens (including phenoxy) is 3. The molecule has 1 aliphatic rings. The molecule has 116 valence electrons. The Morgan fingerprint density at radius 1 is 1.57 bits per heavy atom. The highest BCUT2D eigenvalue weighted by Gasteiger charge is 2.32. The minimum Gasteiger partial charge on any atom is -0.462 e. The lowest BCUT2D eigenvalue weighted by molar-refractivity contribution is -0.136. The van der Waals surface area contributed by atoms with E-state index in [0.29, 0.717) is 37.0 Å². The molecule has 1 atom stereocenters. The number of rotatable bonds is 5. The summed E-state index contributed by atoms with van der Waals surface area (Å²) in [5.41, 5.74) is 0.957. The second kappa shape index (κ2) is 6.36. The van der Waals surface area contributed by atoms with Gasteiger partial charge in [-0.25, -0.2) is 14.8 Å². The Bertz CT molecular complexity index is 519. The molecule has 1 aliphatic heterocycles. The minimum absolute atomic E-state index is 0.0476.